The van der Waals surface area contributed by atoms with Crippen molar-refractivity contribution in [1.29, 1.82) is 5.26 Å². The van der Waals surface area contributed by atoms with Crippen LogP contribution < -0.4 is 9.80 Å². The number of H-pyrrole nitrogens is 1. The number of aromatic nitrogens is 4. The quantitative estimate of drug-likeness (QED) is 0.323. The minimum Gasteiger partial charge on any atom is -0.375 e. The normalized spacial score (nSPS) is 23.6. The number of nitrogens with one attached hydrogen (secondary N) is 1. The Bertz CT molecular complexity index is 1760. The molecule has 1 saturated carbocycles. The Morgan fingerprint density at radius 3 is 2.69 bits per heavy atom. The molecule has 2 saturated heterocycles. The summed E-state index contributed by atoms with van der Waals surface area (Å²) in [4.78, 5) is 15.6. The summed E-state index contributed by atoms with van der Waals surface area (Å²) in [6, 6.07) is 13.4. The third-order valence-electron chi connectivity index (χ3n) is 10.2. The van der Waals surface area contributed by atoms with E-state index in [1.165, 1.54) is 24.0 Å². The van der Waals surface area contributed by atoms with Crippen LogP contribution in [0.15, 0.2) is 30.3 Å². The lowest BCUT2D eigenvalue weighted by molar-refractivity contribution is -0.163. The van der Waals surface area contributed by atoms with Gasteiger partial charge in [-0.3, -0.25) is 5.10 Å². The summed E-state index contributed by atoms with van der Waals surface area (Å²) in [5, 5.41) is 18.8. The summed E-state index contributed by atoms with van der Waals surface area (Å²) in [6.45, 7) is 9.83. The number of piperidine rings is 1. The number of nitrogens with zero attached hydrogens (tertiary/aromatic N) is 6. The van der Waals surface area contributed by atoms with Crippen LogP contribution in [0.1, 0.15) is 78.6 Å². The minimum atomic E-state index is 0.0406. The van der Waals surface area contributed by atoms with Gasteiger partial charge in [-0.05, 0) is 88.1 Å². The molecule has 5 heterocycles. The van der Waals surface area contributed by atoms with Crippen LogP contribution in [0.25, 0.3) is 22.3 Å². The first-order chi connectivity index (χ1) is 20.4. The molecule has 8 nitrogen and oxygen atoms in total. The van der Waals surface area contributed by atoms with Gasteiger partial charge < -0.3 is 14.5 Å². The Labute approximate surface area is 246 Å². The number of anilines is 2. The summed E-state index contributed by atoms with van der Waals surface area (Å²) >= 11 is 0. The smallest absolute Gasteiger partial charge is 0.162 e. The van der Waals surface area contributed by atoms with E-state index in [1.807, 2.05) is 13.0 Å². The number of benzene rings is 2. The average molecular weight is 560 g/mol. The van der Waals surface area contributed by atoms with Crippen molar-refractivity contribution in [2.75, 3.05) is 29.5 Å². The summed E-state index contributed by atoms with van der Waals surface area (Å²) < 4.78 is 6.11. The molecular weight excluding hydrogens is 522 g/mol. The van der Waals surface area contributed by atoms with E-state index in [-0.39, 0.29) is 5.60 Å². The SMILES string of the molecule is Cc1ccc2[nH]nc(C)c2c1-c1nc2c(c(N3CC[C@@]4(CCO4)C[C@H]3C)n1)CN(c1cc(C3CC3)ccc1C#N)CC2. The number of fused-ring (bicyclic) bond motifs is 2. The Hall–Kier alpha value is -3.96. The van der Waals surface area contributed by atoms with E-state index < -0.39 is 0 Å². The first kappa shape index (κ1) is 25.7. The molecule has 3 fully saturated rings. The van der Waals surface area contributed by atoms with E-state index in [2.05, 4.69) is 64.2 Å². The van der Waals surface area contributed by atoms with E-state index in [0.29, 0.717) is 18.5 Å². The lowest BCUT2D eigenvalue weighted by atomic mass is 9.81. The Kier molecular flexibility index (Phi) is 5.84. The molecule has 8 rings (SSSR count). The summed E-state index contributed by atoms with van der Waals surface area (Å²) in [5.74, 6) is 2.46. The van der Waals surface area contributed by atoms with Crippen molar-refractivity contribution < 1.29 is 4.74 Å². The van der Waals surface area contributed by atoms with Gasteiger partial charge in [0.25, 0.3) is 0 Å². The molecule has 2 aromatic carbocycles. The van der Waals surface area contributed by atoms with E-state index in [4.69, 9.17) is 14.7 Å². The molecule has 4 aliphatic rings. The molecule has 2 atom stereocenters. The maximum atomic E-state index is 10.0. The number of nitriles is 1. The largest absolute Gasteiger partial charge is 0.375 e. The van der Waals surface area contributed by atoms with E-state index in [0.717, 1.165) is 102 Å². The van der Waals surface area contributed by atoms with Gasteiger partial charge in [0.15, 0.2) is 5.82 Å². The van der Waals surface area contributed by atoms with Gasteiger partial charge in [-0.2, -0.15) is 10.4 Å². The molecular formula is C34H37N7O. The van der Waals surface area contributed by atoms with Crippen molar-refractivity contribution >= 4 is 22.4 Å². The number of aromatic amines is 1. The van der Waals surface area contributed by atoms with Gasteiger partial charge in [0, 0.05) is 48.6 Å². The lowest BCUT2D eigenvalue weighted by Gasteiger charge is -2.51. The second-order valence-corrected chi connectivity index (χ2v) is 12.9. The van der Waals surface area contributed by atoms with Crippen molar-refractivity contribution in [1.82, 2.24) is 20.2 Å². The van der Waals surface area contributed by atoms with Crippen LogP contribution in [-0.4, -0.2) is 51.5 Å². The van der Waals surface area contributed by atoms with Gasteiger partial charge in [0.1, 0.15) is 11.9 Å². The van der Waals surface area contributed by atoms with Crippen molar-refractivity contribution in [2.45, 2.75) is 83.4 Å². The van der Waals surface area contributed by atoms with Crippen LogP contribution >= 0.6 is 0 Å². The van der Waals surface area contributed by atoms with Crippen LogP contribution in [-0.2, 0) is 17.7 Å². The third kappa shape index (κ3) is 4.09. The topological polar surface area (TPSA) is 94.0 Å². The summed E-state index contributed by atoms with van der Waals surface area (Å²) in [7, 11) is 0. The van der Waals surface area contributed by atoms with Crippen LogP contribution in [0.4, 0.5) is 11.5 Å². The van der Waals surface area contributed by atoms with Gasteiger partial charge in [0.2, 0.25) is 0 Å². The van der Waals surface area contributed by atoms with Gasteiger partial charge in [-0.1, -0.05) is 12.1 Å². The molecule has 214 valence electrons. The maximum absolute atomic E-state index is 10.0. The molecule has 3 aliphatic heterocycles. The number of ether oxygens (including phenoxy) is 1. The van der Waals surface area contributed by atoms with Crippen LogP contribution in [0, 0.1) is 25.2 Å². The van der Waals surface area contributed by atoms with Gasteiger partial charge >= 0.3 is 0 Å². The van der Waals surface area contributed by atoms with Crippen LogP contribution in [0.5, 0.6) is 0 Å². The van der Waals surface area contributed by atoms with Crippen molar-refractivity contribution in [3.8, 4) is 17.5 Å². The zero-order valence-electron chi connectivity index (χ0n) is 24.7. The highest BCUT2D eigenvalue weighted by Crippen LogP contribution is 2.44. The fourth-order valence-corrected chi connectivity index (χ4v) is 7.55. The second-order valence-electron chi connectivity index (χ2n) is 12.9. The molecule has 4 aromatic rings. The first-order valence-electron chi connectivity index (χ1n) is 15.5. The summed E-state index contributed by atoms with van der Waals surface area (Å²) in [5.41, 5.74) is 9.70. The first-order valence-corrected chi connectivity index (χ1v) is 15.5. The third-order valence-corrected chi connectivity index (χ3v) is 10.2. The number of aryl methyl sites for hydroxylation is 2. The fraction of sp³-hybridized carbons (Fsp3) is 0.471. The number of hydrogen-bond acceptors (Lipinski definition) is 7. The standard InChI is InChI=1S/C34H37N7O/c1-20-4-9-28-31(22(3)38-39-28)30(20)32-36-27-10-13-40(29-16-24(23-5-6-23)7-8-25(29)18-35)19-26(27)33(37-32)41-14-11-34(12-15-42-34)17-21(41)2/h4,7-9,16,21,23H,5-6,10-15,17,19H2,1-3H3,(H,38,39)/t21-,34-/m1/s1. The van der Waals surface area contributed by atoms with Crippen molar-refractivity contribution in [3.63, 3.8) is 0 Å². The molecule has 1 N–H and O–H groups in total. The average Bonchev–Trinajstić information content (AvgIpc) is 3.78. The van der Waals surface area contributed by atoms with Crippen molar-refractivity contribution in [3.05, 3.63) is 64.0 Å². The fourth-order valence-electron chi connectivity index (χ4n) is 7.55. The van der Waals surface area contributed by atoms with Crippen molar-refractivity contribution in [2.24, 2.45) is 0 Å². The molecule has 0 radical (unpaired) electrons. The van der Waals surface area contributed by atoms with Gasteiger partial charge in [0.05, 0.1) is 40.4 Å². The number of rotatable bonds is 4. The highest BCUT2D eigenvalue weighted by Gasteiger charge is 2.45. The molecule has 42 heavy (non-hydrogen) atoms. The van der Waals surface area contributed by atoms with Crippen LogP contribution in [0.2, 0.25) is 0 Å². The molecule has 8 heteroatoms. The predicted molar refractivity (Wildman–Crippen MR) is 164 cm³/mol. The van der Waals surface area contributed by atoms with E-state index >= 15 is 0 Å². The molecule has 2 aromatic heterocycles. The molecule has 1 aliphatic carbocycles. The predicted octanol–water partition coefficient (Wildman–Crippen LogP) is 6.10. The monoisotopic (exact) mass is 559 g/mol. The van der Waals surface area contributed by atoms with Gasteiger partial charge in [-0.25, -0.2) is 9.97 Å². The molecule has 0 amide bonds. The maximum Gasteiger partial charge on any atom is 0.162 e. The molecule has 0 bridgehead atoms. The van der Waals surface area contributed by atoms with Gasteiger partial charge in [-0.15, -0.1) is 0 Å². The zero-order chi connectivity index (χ0) is 28.6. The Morgan fingerprint density at radius 1 is 1.10 bits per heavy atom. The Balaban J connectivity index is 1.25. The highest BCUT2D eigenvalue weighted by molar-refractivity contribution is 5.96. The number of hydrogen-bond donors (Lipinski definition) is 1. The lowest BCUT2D eigenvalue weighted by Crippen LogP contribution is -2.56. The van der Waals surface area contributed by atoms with Crippen LogP contribution in [0.3, 0.4) is 0 Å². The summed E-state index contributed by atoms with van der Waals surface area (Å²) in [6.07, 6.45) is 6.49. The molecule has 0 unspecified atom stereocenters. The molecule has 1 spiro atoms. The highest BCUT2D eigenvalue weighted by atomic mass is 16.5. The minimum absolute atomic E-state index is 0.0406. The second kappa shape index (κ2) is 9.53. The zero-order valence-corrected chi connectivity index (χ0v) is 24.7. The Morgan fingerprint density at radius 2 is 1.95 bits per heavy atom. The van der Waals surface area contributed by atoms with E-state index in [1.54, 1.807) is 0 Å². The van der Waals surface area contributed by atoms with E-state index in [9.17, 15) is 5.26 Å².